The molecular weight excluding hydrogens is 258 g/mol. The summed E-state index contributed by atoms with van der Waals surface area (Å²) < 4.78 is 34.7. The summed E-state index contributed by atoms with van der Waals surface area (Å²) in [5.74, 6) is -0.492. The minimum absolute atomic E-state index is 0.150. The summed E-state index contributed by atoms with van der Waals surface area (Å²) in [6, 6.07) is 3.87. The van der Waals surface area contributed by atoms with Crippen LogP contribution in [0, 0.1) is 6.92 Å². The van der Waals surface area contributed by atoms with Crippen molar-refractivity contribution >= 4 is 16.3 Å². The molecule has 1 aliphatic heterocycles. The number of carbonyl (C=O) groups excluding carboxylic acids is 1. The van der Waals surface area contributed by atoms with Gasteiger partial charge in [0.2, 0.25) is 0 Å². The Labute approximate surface area is 105 Å². The first-order valence-electron chi connectivity index (χ1n) is 5.42. The van der Waals surface area contributed by atoms with E-state index in [1.54, 1.807) is 19.1 Å². The lowest BCUT2D eigenvalue weighted by atomic mass is 10.0. The molecule has 0 bridgehead atoms. The molecule has 0 aliphatic carbocycles. The minimum atomic E-state index is -3.97. The van der Waals surface area contributed by atoms with Crippen LogP contribution in [0.1, 0.15) is 24.1 Å². The Hall–Kier alpha value is -1.60. The molecule has 1 aromatic rings. The Morgan fingerprint density at radius 3 is 2.89 bits per heavy atom. The molecule has 0 aromatic heterocycles. The minimum Gasteiger partial charge on any atom is -0.465 e. The first-order valence-corrected chi connectivity index (χ1v) is 6.82. The number of benzene rings is 1. The van der Waals surface area contributed by atoms with Crippen molar-refractivity contribution in [2.45, 2.75) is 19.9 Å². The van der Waals surface area contributed by atoms with E-state index in [2.05, 4.69) is 4.72 Å². The van der Waals surface area contributed by atoms with Gasteiger partial charge in [0.15, 0.2) is 6.04 Å². The van der Waals surface area contributed by atoms with E-state index < -0.39 is 22.3 Å². The number of hydrogen-bond acceptors (Lipinski definition) is 5. The van der Waals surface area contributed by atoms with Gasteiger partial charge in [-0.1, -0.05) is 17.7 Å². The van der Waals surface area contributed by atoms with E-state index in [4.69, 9.17) is 8.92 Å². The zero-order chi connectivity index (χ0) is 13.3. The van der Waals surface area contributed by atoms with Gasteiger partial charge in [0, 0.05) is 5.56 Å². The van der Waals surface area contributed by atoms with Crippen LogP contribution in [-0.4, -0.2) is 21.0 Å². The highest BCUT2D eigenvalue weighted by Crippen LogP contribution is 2.32. The van der Waals surface area contributed by atoms with Gasteiger partial charge >= 0.3 is 16.3 Å². The van der Waals surface area contributed by atoms with E-state index in [1.165, 1.54) is 6.07 Å². The molecule has 7 heteroatoms. The van der Waals surface area contributed by atoms with Crippen molar-refractivity contribution in [3.05, 3.63) is 29.3 Å². The summed E-state index contributed by atoms with van der Waals surface area (Å²) >= 11 is 0. The first kappa shape index (κ1) is 12.8. The van der Waals surface area contributed by atoms with E-state index in [9.17, 15) is 13.2 Å². The van der Waals surface area contributed by atoms with Gasteiger partial charge in [-0.05, 0) is 19.9 Å². The van der Waals surface area contributed by atoms with Gasteiger partial charge in [0.05, 0.1) is 6.61 Å². The van der Waals surface area contributed by atoms with E-state index in [1.807, 2.05) is 6.92 Å². The van der Waals surface area contributed by atoms with Gasteiger partial charge in [-0.15, -0.1) is 0 Å². The number of fused-ring (bicyclic) bond motifs is 1. The van der Waals surface area contributed by atoms with Crippen LogP contribution in [0.5, 0.6) is 5.75 Å². The second-order valence-corrected chi connectivity index (χ2v) is 5.19. The topological polar surface area (TPSA) is 81.7 Å². The van der Waals surface area contributed by atoms with Crippen LogP contribution in [0.3, 0.4) is 0 Å². The summed E-state index contributed by atoms with van der Waals surface area (Å²) in [7, 11) is -3.97. The maximum atomic E-state index is 11.8. The highest BCUT2D eigenvalue weighted by atomic mass is 32.2. The van der Waals surface area contributed by atoms with Crippen molar-refractivity contribution in [1.29, 1.82) is 0 Å². The summed E-state index contributed by atoms with van der Waals surface area (Å²) in [6.07, 6.45) is 0. The highest BCUT2D eigenvalue weighted by molar-refractivity contribution is 7.85. The van der Waals surface area contributed by atoms with Crippen molar-refractivity contribution in [1.82, 2.24) is 4.72 Å². The van der Waals surface area contributed by atoms with E-state index in [0.29, 0.717) is 5.56 Å². The summed E-state index contributed by atoms with van der Waals surface area (Å²) in [6.45, 7) is 3.67. The van der Waals surface area contributed by atoms with Crippen LogP contribution >= 0.6 is 0 Å². The van der Waals surface area contributed by atoms with E-state index in [0.717, 1.165) is 5.56 Å². The average molecular weight is 271 g/mol. The SMILES string of the molecule is CCOC(=O)[C@@H]1NS(=O)(=O)Oc2ccc(C)cc21. The van der Waals surface area contributed by atoms with Gasteiger partial charge in [-0.2, -0.15) is 13.1 Å². The fourth-order valence-electron chi connectivity index (χ4n) is 1.72. The molecule has 0 radical (unpaired) electrons. The molecule has 0 fully saturated rings. The van der Waals surface area contributed by atoms with Crippen LogP contribution in [0.2, 0.25) is 0 Å². The fraction of sp³-hybridized carbons (Fsp3) is 0.364. The summed E-state index contributed by atoms with van der Waals surface area (Å²) in [4.78, 5) is 11.8. The van der Waals surface area contributed by atoms with Crippen LogP contribution in [0.15, 0.2) is 18.2 Å². The summed E-state index contributed by atoms with van der Waals surface area (Å²) in [5.41, 5.74) is 1.36. The molecule has 6 nitrogen and oxygen atoms in total. The quantitative estimate of drug-likeness (QED) is 0.805. The lowest BCUT2D eigenvalue weighted by Gasteiger charge is -2.25. The van der Waals surface area contributed by atoms with Crippen molar-refractivity contribution in [2.75, 3.05) is 6.61 Å². The molecule has 1 atom stereocenters. The molecule has 98 valence electrons. The molecule has 1 aliphatic rings. The van der Waals surface area contributed by atoms with Crippen molar-refractivity contribution in [3.63, 3.8) is 0 Å². The Balaban J connectivity index is 2.48. The third-order valence-electron chi connectivity index (χ3n) is 2.46. The maximum absolute atomic E-state index is 11.8. The van der Waals surface area contributed by atoms with Crippen LogP contribution in [0.4, 0.5) is 0 Å². The van der Waals surface area contributed by atoms with Gasteiger partial charge in [-0.25, -0.2) is 4.79 Å². The van der Waals surface area contributed by atoms with Gasteiger partial charge < -0.3 is 8.92 Å². The Morgan fingerprint density at radius 2 is 2.22 bits per heavy atom. The molecule has 0 spiro atoms. The highest BCUT2D eigenvalue weighted by Gasteiger charge is 2.36. The Morgan fingerprint density at radius 1 is 1.50 bits per heavy atom. The normalized spacial score (nSPS) is 20.7. The maximum Gasteiger partial charge on any atom is 0.383 e. The molecule has 1 N–H and O–H groups in total. The first-order chi connectivity index (χ1) is 8.43. The van der Waals surface area contributed by atoms with E-state index >= 15 is 0 Å². The van der Waals surface area contributed by atoms with Crippen molar-refractivity contribution in [3.8, 4) is 5.75 Å². The van der Waals surface area contributed by atoms with Crippen molar-refractivity contribution < 1.29 is 22.1 Å². The van der Waals surface area contributed by atoms with Crippen LogP contribution < -0.4 is 8.91 Å². The second-order valence-electron chi connectivity index (χ2n) is 3.88. The third-order valence-corrected chi connectivity index (χ3v) is 3.38. The smallest absolute Gasteiger partial charge is 0.383 e. The molecule has 2 rings (SSSR count). The molecule has 0 amide bonds. The molecule has 0 unspecified atom stereocenters. The molecule has 0 saturated carbocycles. The second kappa shape index (κ2) is 4.58. The number of hydrogen-bond donors (Lipinski definition) is 1. The molecule has 1 heterocycles. The van der Waals surface area contributed by atoms with Crippen LogP contribution in [-0.2, 0) is 19.8 Å². The number of nitrogens with one attached hydrogen (secondary N) is 1. The lowest BCUT2D eigenvalue weighted by molar-refractivity contribution is -0.145. The zero-order valence-corrected chi connectivity index (χ0v) is 10.8. The lowest BCUT2D eigenvalue weighted by Crippen LogP contribution is -2.41. The number of ether oxygens (including phenoxy) is 1. The van der Waals surface area contributed by atoms with Gasteiger partial charge in [-0.3, -0.25) is 0 Å². The zero-order valence-electron chi connectivity index (χ0n) is 9.97. The molecule has 1 aromatic carbocycles. The number of carbonyl (C=O) groups is 1. The van der Waals surface area contributed by atoms with E-state index in [-0.39, 0.29) is 12.4 Å². The number of rotatable bonds is 2. The Kier molecular flexibility index (Phi) is 3.27. The summed E-state index contributed by atoms with van der Waals surface area (Å²) in [5, 5.41) is 0. The predicted molar refractivity (Wildman–Crippen MR) is 63.2 cm³/mol. The third kappa shape index (κ3) is 2.46. The molecule has 0 saturated heterocycles. The standard InChI is InChI=1S/C11H13NO5S/c1-3-16-11(13)10-8-6-7(2)4-5-9(8)17-18(14,15)12-10/h4-6,10,12H,3H2,1-2H3/t10-/m1/s1. The fourth-order valence-corrected chi connectivity index (χ4v) is 2.67. The largest absolute Gasteiger partial charge is 0.465 e. The molecular formula is C11H13NO5S. The average Bonchev–Trinajstić information content (AvgIpc) is 2.28. The number of aryl methyl sites for hydroxylation is 1. The van der Waals surface area contributed by atoms with Gasteiger partial charge in [0.1, 0.15) is 5.75 Å². The predicted octanol–water partition coefficient (Wildman–Crippen LogP) is 0.826. The Bertz CT molecular complexity index is 581. The monoisotopic (exact) mass is 271 g/mol. The number of esters is 1. The van der Waals surface area contributed by atoms with Gasteiger partial charge in [0.25, 0.3) is 0 Å². The van der Waals surface area contributed by atoms with Crippen molar-refractivity contribution in [2.24, 2.45) is 0 Å². The molecule has 18 heavy (non-hydrogen) atoms. The van der Waals surface area contributed by atoms with Crippen LogP contribution in [0.25, 0.3) is 0 Å².